The molecule has 1 aromatic carbocycles. The number of amides is 1. The van der Waals surface area contributed by atoms with Crippen LogP contribution in [0.3, 0.4) is 0 Å². The Morgan fingerprint density at radius 3 is 2.35 bits per heavy atom. The van der Waals surface area contributed by atoms with Crippen LogP contribution in [-0.2, 0) is 0 Å². The Bertz CT molecular complexity index is 939. The lowest BCUT2D eigenvalue weighted by atomic mass is 9.87. The van der Waals surface area contributed by atoms with Crippen LogP contribution in [0.1, 0.15) is 43.0 Å². The number of anilines is 3. The maximum absolute atomic E-state index is 13.0. The molecular weight excluding hydrogens is 390 g/mol. The molecule has 2 aliphatic rings. The molecule has 0 radical (unpaired) electrons. The van der Waals surface area contributed by atoms with Crippen molar-refractivity contribution in [1.29, 1.82) is 0 Å². The molecule has 0 atom stereocenters. The first-order valence-electron chi connectivity index (χ1n) is 11.3. The van der Waals surface area contributed by atoms with Gasteiger partial charge in [-0.3, -0.25) is 9.59 Å². The van der Waals surface area contributed by atoms with Gasteiger partial charge in [-0.05, 0) is 69.0 Å². The van der Waals surface area contributed by atoms with Gasteiger partial charge >= 0.3 is 0 Å². The topological polar surface area (TPSA) is 80.5 Å². The number of benzene rings is 1. The van der Waals surface area contributed by atoms with E-state index in [9.17, 15) is 9.59 Å². The van der Waals surface area contributed by atoms with E-state index in [4.69, 9.17) is 0 Å². The number of rotatable bonds is 5. The minimum absolute atomic E-state index is 0.143. The van der Waals surface area contributed by atoms with Gasteiger partial charge in [-0.15, -0.1) is 0 Å². The highest BCUT2D eigenvalue weighted by Gasteiger charge is 2.22. The first kappa shape index (κ1) is 21.4. The standard InChI is InChI=1S/C24H33N5O2/c1-17-3-5-18(6-4-17)26-21-11-12-25-23(30)22(21)24(31)27-19-7-9-20(10-8-19)29-15-13-28(2)14-16-29/h7-12,17-18H,3-6,13-16H2,1-2H3,(H,27,31)(H2,25,26,30). The highest BCUT2D eigenvalue weighted by atomic mass is 16.2. The molecule has 0 spiro atoms. The second-order valence-electron chi connectivity index (χ2n) is 8.99. The van der Waals surface area contributed by atoms with Crippen LogP contribution in [0.5, 0.6) is 0 Å². The van der Waals surface area contributed by atoms with Crippen molar-refractivity contribution in [2.24, 2.45) is 5.92 Å². The third-order valence-corrected chi connectivity index (χ3v) is 6.56. The molecular formula is C24H33N5O2. The molecule has 0 bridgehead atoms. The van der Waals surface area contributed by atoms with Crippen LogP contribution in [-0.4, -0.2) is 55.1 Å². The number of hydrogen-bond acceptors (Lipinski definition) is 5. The van der Waals surface area contributed by atoms with E-state index in [-0.39, 0.29) is 17.0 Å². The Kier molecular flexibility index (Phi) is 6.61. The molecule has 1 aromatic heterocycles. The van der Waals surface area contributed by atoms with Crippen molar-refractivity contribution in [2.75, 3.05) is 48.8 Å². The SMILES string of the molecule is CC1CCC(Nc2cc[nH]c(=O)c2C(=O)Nc2ccc(N3CCN(C)CC3)cc2)CC1. The minimum atomic E-state index is -0.388. The number of nitrogens with one attached hydrogen (secondary N) is 3. The largest absolute Gasteiger partial charge is 0.381 e. The first-order valence-corrected chi connectivity index (χ1v) is 11.3. The van der Waals surface area contributed by atoms with Gasteiger partial charge in [0.05, 0.1) is 5.69 Å². The number of piperazine rings is 1. The number of aromatic amines is 1. The van der Waals surface area contributed by atoms with E-state index in [1.165, 1.54) is 12.8 Å². The van der Waals surface area contributed by atoms with E-state index < -0.39 is 0 Å². The van der Waals surface area contributed by atoms with Gasteiger partial charge in [0.15, 0.2) is 0 Å². The van der Waals surface area contributed by atoms with Crippen molar-refractivity contribution < 1.29 is 4.79 Å². The van der Waals surface area contributed by atoms with Crippen molar-refractivity contribution in [1.82, 2.24) is 9.88 Å². The number of likely N-dealkylation sites (N-methyl/N-ethyl adjacent to an activating group) is 1. The minimum Gasteiger partial charge on any atom is -0.381 e. The van der Waals surface area contributed by atoms with Crippen molar-refractivity contribution in [3.05, 3.63) is 52.4 Å². The Morgan fingerprint density at radius 2 is 1.68 bits per heavy atom. The summed E-state index contributed by atoms with van der Waals surface area (Å²) in [6.45, 7) is 6.36. The number of aromatic nitrogens is 1. The van der Waals surface area contributed by atoms with E-state index in [0.717, 1.165) is 50.6 Å². The van der Waals surface area contributed by atoms with Gasteiger partial charge in [0.2, 0.25) is 0 Å². The van der Waals surface area contributed by atoms with E-state index in [2.05, 4.69) is 39.4 Å². The zero-order valence-electron chi connectivity index (χ0n) is 18.5. The number of H-pyrrole nitrogens is 1. The van der Waals surface area contributed by atoms with Crippen LogP contribution in [0, 0.1) is 5.92 Å². The van der Waals surface area contributed by atoms with Crippen LogP contribution in [0.25, 0.3) is 0 Å². The van der Waals surface area contributed by atoms with Crippen molar-refractivity contribution in [2.45, 2.75) is 38.6 Å². The van der Waals surface area contributed by atoms with Gasteiger partial charge in [0, 0.05) is 49.8 Å². The van der Waals surface area contributed by atoms with E-state index in [0.29, 0.717) is 17.4 Å². The van der Waals surface area contributed by atoms with Gasteiger partial charge in [0.25, 0.3) is 11.5 Å². The Hall–Kier alpha value is -2.80. The number of nitrogens with zero attached hydrogens (tertiary/aromatic N) is 2. The molecule has 1 saturated carbocycles. The molecule has 1 saturated heterocycles. The Morgan fingerprint density at radius 1 is 1.00 bits per heavy atom. The highest BCUT2D eigenvalue weighted by Crippen LogP contribution is 2.27. The highest BCUT2D eigenvalue weighted by molar-refractivity contribution is 6.07. The fraction of sp³-hybridized carbons (Fsp3) is 0.500. The predicted octanol–water partition coefficient (Wildman–Crippen LogP) is 3.37. The van der Waals surface area contributed by atoms with Crippen LogP contribution in [0.4, 0.5) is 17.1 Å². The summed E-state index contributed by atoms with van der Waals surface area (Å²) >= 11 is 0. The number of carbonyl (C=O) groups is 1. The molecule has 0 unspecified atom stereocenters. The summed E-state index contributed by atoms with van der Waals surface area (Å²) in [4.78, 5) is 32.8. The summed E-state index contributed by atoms with van der Waals surface area (Å²) in [6.07, 6.45) is 6.05. The van der Waals surface area contributed by atoms with E-state index in [1.54, 1.807) is 12.3 Å². The second-order valence-corrected chi connectivity index (χ2v) is 8.99. The number of carbonyl (C=O) groups excluding carboxylic acids is 1. The molecule has 2 heterocycles. The molecule has 2 fully saturated rings. The molecule has 2 aromatic rings. The molecule has 1 aliphatic heterocycles. The van der Waals surface area contributed by atoms with Crippen molar-refractivity contribution >= 4 is 23.0 Å². The fourth-order valence-corrected chi connectivity index (χ4v) is 4.46. The number of pyridine rings is 1. The van der Waals surface area contributed by atoms with Gasteiger partial charge in [-0.25, -0.2) is 0 Å². The lowest BCUT2D eigenvalue weighted by Crippen LogP contribution is -2.44. The van der Waals surface area contributed by atoms with Crippen molar-refractivity contribution in [3.63, 3.8) is 0 Å². The molecule has 7 heteroatoms. The summed E-state index contributed by atoms with van der Waals surface area (Å²) in [7, 11) is 2.14. The van der Waals surface area contributed by atoms with E-state index in [1.807, 2.05) is 24.3 Å². The zero-order valence-corrected chi connectivity index (χ0v) is 18.5. The molecule has 166 valence electrons. The maximum Gasteiger partial charge on any atom is 0.263 e. The second kappa shape index (κ2) is 9.56. The Labute approximate surface area is 183 Å². The van der Waals surface area contributed by atoms with Gasteiger partial charge in [0.1, 0.15) is 5.56 Å². The normalized spacial score (nSPS) is 22.2. The van der Waals surface area contributed by atoms with Gasteiger partial charge in [-0.2, -0.15) is 0 Å². The lowest BCUT2D eigenvalue weighted by molar-refractivity contribution is 0.102. The first-order chi connectivity index (χ1) is 15.0. The van der Waals surface area contributed by atoms with Gasteiger partial charge in [-0.1, -0.05) is 6.92 Å². The average Bonchev–Trinajstić information content (AvgIpc) is 2.76. The van der Waals surface area contributed by atoms with Crippen LogP contribution in [0.15, 0.2) is 41.3 Å². The molecule has 7 nitrogen and oxygen atoms in total. The third-order valence-electron chi connectivity index (χ3n) is 6.56. The molecule has 1 aliphatic carbocycles. The third kappa shape index (κ3) is 5.28. The molecule has 4 rings (SSSR count). The molecule has 31 heavy (non-hydrogen) atoms. The lowest BCUT2D eigenvalue weighted by Gasteiger charge is -2.34. The smallest absolute Gasteiger partial charge is 0.263 e. The quantitative estimate of drug-likeness (QED) is 0.687. The summed E-state index contributed by atoms with van der Waals surface area (Å²) in [6, 6.07) is 9.94. The zero-order chi connectivity index (χ0) is 21.8. The van der Waals surface area contributed by atoms with Crippen molar-refractivity contribution in [3.8, 4) is 0 Å². The van der Waals surface area contributed by atoms with Crippen LogP contribution in [0.2, 0.25) is 0 Å². The number of hydrogen-bond donors (Lipinski definition) is 3. The summed E-state index contributed by atoms with van der Waals surface area (Å²) in [5.41, 5.74) is 2.21. The van der Waals surface area contributed by atoms with Crippen LogP contribution < -0.4 is 21.1 Å². The van der Waals surface area contributed by atoms with E-state index >= 15 is 0 Å². The molecule has 3 N–H and O–H groups in total. The summed E-state index contributed by atoms with van der Waals surface area (Å²) in [5, 5.41) is 6.34. The Balaban J connectivity index is 1.44. The van der Waals surface area contributed by atoms with Crippen LogP contribution >= 0.6 is 0 Å². The monoisotopic (exact) mass is 423 g/mol. The summed E-state index contributed by atoms with van der Waals surface area (Å²) < 4.78 is 0. The maximum atomic E-state index is 13.0. The molecule has 1 amide bonds. The van der Waals surface area contributed by atoms with Gasteiger partial charge < -0.3 is 25.4 Å². The fourth-order valence-electron chi connectivity index (χ4n) is 4.46. The average molecular weight is 424 g/mol. The predicted molar refractivity (Wildman–Crippen MR) is 126 cm³/mol. The summed E-state index contributed by atoms with van der Waals surface area (Å²) in [5.74, 6) is 0.356.